The molecule has 8 N–H and O–H groups in total. The maximum Gasteiger partial charge on any atom is 0.328 e. The van der Waals surface area contributed by atoms with Crippen LogP contribution in [0.1, 0.15) is 25.7 Å². The van der Waals surface area contributed by atoms with Gasteiger partial charge in [-0.15, -0.1) is 0 Å². The van der Waals surface area contributed by atoms with Crippen LogP contribution >= 0.6 is 0 Å². The number of amides is 4. The van der Waals surface area contributed by atoms with Gasteiger partial charge in [0.25, 0.3) is 0 Å². The predicted octanol–water partition coefficient (Wildman–Crippen LogP) is 5.71. The Morgan fingerprint density at radius 2 is 0.950 bits per heavy atom. The van der Waals surface area contributed by atoms with Crippen molar-refractivity contribution in [3.05, 3.63) is 84.9 Å². The third-order valence-corrected chi connectivity index (χ3v) is 6.65. The van der Waals surface area contributed by atoms with Gasteiger partial charge in [-0.05, 0) is 35.7 Å². The molecule has 0 saturated carbocycles. The number of carbonyl (C=O) groups excluding carboxylic acids is 2. The number of fused-ring (bicyclic) bond motifs is 2. The predicted molar refractivity (Wildman–Crippen MR) is 162 cm³/mol. The van der Waals surface area contributed by atoms with E-state index in [1.807, 2.05) is 84.9 Å². The largest absolute Gasteiger partial charge is 0.370 e. The van der Waals surface area contributed by atoms with Crippen LogP contribution in [0.15, 0.2) is 84.9 Å². The molecule has 4 rings (SSSR count). The van der Waals surface area contributed by atoms with E-state index in [1.54, 1.807) is 0 Å². The number of guanidine groups is 2. The van der Waals surface area contributed by atoms with Crippen LogP contribution in [-0.4, -0.2) is 46.9 Å². The lowest BCUT2D eigenvalue weighted by molar-refractivity contribution is 0.230. The smallest absolute Gasteiger partial charge is 0.328 e. The Balaban J connectivity index is 1.25. The van der Waals surface area contributed by atoms with Crippen LogP contribution in [0.5, 0.6) is 0 Å². The molecule has 10 nitrogen and oxygen atoms in total. The van der Waals surface area contributed by atoms with Crippen molar-refractivity contribution in [2.45, 2.75) is 25.7 Å². The van der Waals surface area contributed by atoms with Gasteiger partial charge >= 0.3 is 12.1 Å². The molecule has 0 heterocycles. The second-order valence-corrected chi connectivity index (χ2v) is 9.40. The molecule has 0 atom stereocenters. The summed E-state index contributed by atoms with van der Waals surface area (Å²) < 4.78 is 0. The van der Waals surface area contributed by atoms with E-state index in [-0.39, 0.29) is 25.0 Å². The highest BCUT2D eigenvalue weighted by Crippen LogP contribution is 2.24. The minimum Gasteiger partial charge on any atom is -0.370 e. The van der Waals surface area contributed by atoms with E-state index in [0.717, 1.165) is 34.4 Å². The van der Waals surface area contributed by atoms with Crippen molar-refractivity contribution in [2.24, 2.45) is 11.5 Å². The van der Waals surface area contributed by atoms with E-state index in [4.69, 9.17) is 22.3 Å². The monoisotopic (exact) mass is 538 g/mol. The number of unbranched alkanes of at least 4 members (excludes halogenated alkanes) is 3. The minimum absolute atomic E-state index is 0.282. The Morgan fingerprint density at radius 1 is 0.575 bits per heavy atom. The molecule has 0 aromatic heterocycles. The van der Waals surface area contributed by atoms with Crippen LogP contribution in [0.2, 0.25) is 0 Å². The Bertz CT molecular complexity index is 1410. The molecule has 4 aromatic carbocycles. The molecule has 0 radical (unpaired) electrons. The normalized spacial score (nSPS) is 10.7. The van der Waals surface area contributed by atoms with Crippen LogP contribution in [-0.2, 0) is 0 Å². The number of hydrogen-bond donors (Lipinski definition) is 6. The highest BCUT2D eigenvalue weighted by molar-refractivity contribution is 6.07. The van der Waals surface area contributed by atoms with E-state index in [0.29, 0.717) is 24.2 Å². The van der Waals surface area contributed by atoms with Crippen molar-refractivity contribution in [1.82, 2.24) is 9.80 Å². The average molecular weight is 539 g/mol. The van der Waals surface area contributed by atoms with Gasteiger partial charge in [0.05, 0.1) is 11.4 Å². The van der Waals surface area contributed by atoms with Gasteiger partial charge in [-0.25, -0.2) is 9.59 Å². The summed E-state index contributed by atoms with van der Waals surface area (Å²) >= 11 is 0. The summed E-state index contributed by atoms with van der Waals surface area (Å²) in [6.07, 6.45) is 2.71. The molecule has 0 bridgehead atoms. The van der Waals surface area contributed by atoms with Gasteiger partial charge in [0.15, 0.2) is 11.9 Å². The molecule has 0 spiro atoms. The number of urea groups is 2. The van der Waals surface area contributed by atoms with E-state index < -0.39 is 12.1 Å². The molecule has 0 unspecified atom stereocenters. The fraction of sp³-hybridized carbons (Fsp3) is 0.200. The lowest BCUT2D eigenvalue weighted by Crippen LogP contribution is -2.44. The topological polar surface area (TPSA) is 164 Å². The van der Waals surface area contributed by atoms with E-state index in [2.05, 4.69) is 10.6 Å². The number of hydrogen-bond acceptors (Lipinski definition) is 4. The first kappa shape index (κ1) is 27.9. The molecule has 0 aliphatic carbocycles. The molecule has 206 valence electrons. The van der Waals surface area contributed by atoms with Gasteiger partial charge in [0.1, 0.15) is 0 Å². The van der Waals surface area contributed by atoms with Gasteiger partial charge in [0.2, 0.25) is 0 Å². The number of rotatable bonds is 9. The highest BCUT2D eigenvalue weighted by Gasteiger charge is 2.19. The Labute approximate surface area is 232 Å². The van der Waals surface area contributed by atoms with E-state index in [9.17, 15) is 9.59 Å². The van der Waals surface area contributed by atoms with Crippen LogP contribution in [0.4, 0.5) is 21.0 Å². The number of carbonyl (C=O) groups is 2. The lowest BCUT2D eigenvalue weighted by atomic mass is 10.1. The first-order valence-electron chi connectivity index (χ1n) is 13.2. The summed E-state index contributed by atoms with van der Waals surface area (Å²) in [4.78, 5) is 28.2. The van der Waals surface area contributed by atoms with E-state index >= 15 is 0 Å². The van der Waals surface area contributed by atoms with Crippen LogP contribution in [0.25, 0.3) is 21.5 Å². The van der Waals surface area contributed by atoms with Gasteiger partial charge in [-0.2, -0.15) is 0 Å². The second kappa shape index (κ2) is 13.1. The molecular formula is C30H34N8O2. The van der Waals surface area contributed by atoms with Crippen molar-refractivity contribution >= 4 is 56.9 Å². The Kier molecular flexibility index (Phi) is 9.14. The Morgan fingerprint density at radius 3 is 1.35 bits per heavy atom. The van der Waals surface area contributed by atoms with E-state index in [1.165, 1.54) is 9.80 Å². The quantitative estimate of drug-likeness (QED) is 0.0914. The minimum atomic E-state index is -0.461. The number of nitrogens with zero attached hydrogens (tertiary/aromatic N) is 2. The molecule has 4 amide bonds. The van der Waals surface area contributed by atoms with Crippen molar-refractivity contribution in [2.75, 3.05) is 23.7 Å². The first-order chi connectivity index (χ1) is 19.3. The summed E-state index contributed by atoms with van der Waals surface area (Å²) in [6.45, 7) is 0.563. The second-order valence-electron chi connectivity index (χ2n) is 9.40. The van der Waals surface area contributed by atoms with Gasteiger partial charge in [-0.3, -0.25) is 20.6 Å². The first-order valence-corrected chi connectivity index (χ1v) is 13.2. The molecule has 40 heavy (non-hydrogen) atoms. The molecular weight excluding hydrogens is 504 g/mol. The zero-order valence-electron chi connectivity index (χ0n) is 22.2. The fourth-order valence-electron chi connectivity index (χ4n) is 4.59. The molecule has 0 aliphatic rings. The van der Waals surface area contributed by atoms with Gasteiger partial charge in [0, 0.05) is 23.9 Å². The maximum atomic E-state index is 12.9. The summed E-state index contributed by atoms with van der Waals surface area (Å²) in [7, 11) is 0. The molecule has 10 heteroatoms. The zero-order chi connectivity index (χ0) is 28.5. The molecule has 0 saturated heterocycles. The van der Waals surface area contributed by atoms with Crippen LogP contribution in [0, 0.1) is 10.8 Å². The third kappa shape index (κ3) is 6.84. The van der Waals surface area contributed by atoms with Crippen LogP contribution in [0.3, 0.4) is 0 Å². The van der Waals surface area contributed by atoms with Gasteiger partial charge < -0.3 is 22.1 Å². The van der Waals surface area contributed by atoms with Crippen LogP contribution < -0.4 is 22.1 Å². The van der Waals surface area contributed by atoms with Crippen molar-refractivity contribution < 1.29 is 9.59 Å². The zero-order valence-corrected chi connectivity index (χ0v) is 22.2. The summed E-state index contributed by atoms with van der Waals surface area (Å²) in [5, 5.41) is 25.3. The van der Waals surface area contributed by atoms with Crippen molar-refractivity contribution in [3.8, 4) is 0 Å². The SMILES string of the molecule is N=C(N)N(CCCCCCN(C(=N)N)C(=O)Nc1cccc2ccccc12)C(=O)Nc1cccc2ccccc12. The average Bonchev–Trinajstić information content (AvgIpc) is 2.94. The number of nitrogens with two attached hydrogens (primary N) is 2. The van der Waals surface area contributed by atoms with Gasteiger partial charge in [-0.1, -0.05) is 85.6 Å². The summed E-state index contributed by atoms with van der Waals surface area (Å²) in [5.41, 5.74) is 12.7. The maximum absolute atomic E-state index is 12.9. The molecule has 0 aliphatic heterocycles. The lowest BCUT2D eigenvalue weighted by Gasteiger charge is -2.22. The summed E-state index contributed by atoms with van der Waals surface area (Å²) in [6, 6.07) is 25.8. The number of nitrogens with one attached hydrogen (secondary N) is 4. The van der Waals surface area contributed by atoms with Crippen molar-refractivity contribution in [3.63, 3.8) is 0 Å². The molecule has 4 aromatic rings. The standard InChI is InChI=1S/C30H34N8O2/c31-27(32)37(29(39)35-25-17-9-13-21-11-3-5-15-23(21)25)19-7-1-2-8-20-38(28(33)34)30(40)36-26-18-10-14-22-12-4-6-16-24(22)26/h3-6,9-18H,1-2,7-8,19-20H2,(H3,31,32)(H3,33,34)(H,35,39)(H,36,40). The summed E-state index contributed by atoms with van der Waals surface area (Å²) in [5.74, 6) is -0.656. The molecule has 0 fully saturated rings. The Hall–Kier alpha value is -5.12. The highest BCUT2D eigenvalue weighted by atomic mass is 16.2. The number of benzene rings is 4. The fourth-order valence-corrected chi connectivity index (χ4v) is 4.59. The third-order valence-electron chi connectivity index (χ3n) is 6.65. The number of anilines is 2. The van der Waals surface area contributed by atoms with Crippen molar-refractivity contribution in [1.29, 1.82) is 10.8 Å².